The predicted molar refractivity (Wildman–Crippen MR) is 58.7 cm³/mol. The van der Waals surface area contributed by atoms with Gasteiger partial charge in [-0.15, -0.1) is 11.3 Å². The summed E-state index contributed by atoms with van der Waals surface area (Å²) in [5.74, 6) is 0. The molecular weight excluding hydrogens is 251 g/mol. The second-order valence-corrected chi connectivity index (χ2v) is 4.47. The van der Waals surface area contributed by atoms with Crippen LogP contribution in [0.15, 0.2) is 29.3 Å². The minimum atomic E-state index is -4.31. The Kier molecular flexibility index (Phi) is 3.00. The van der Waals surface area contributed by atoms with Crippen LogP contribution in [0.2, 0.25) is 0 Å². The number of thiophene rings is 1. The van der Waals surface area contributed by atoms with Crippen molar-refractivity contribution < 1.29 is 18.0 Å². The Bertz CT molecular complexity index is 596. The van der Waals surface area contributed by atoms with Crippen LogP contribution in [-0.4, -0.2) is 6.08 Å². The first-order valence-corrected chi connectivity index (χ1v) is 5.45. The van der Waals surface area contributed by atoms with E-state index in [9.17, 15) is 18.0 Å². The third kappa shape index (κ3) is 2.54. The zero-order valence-corrected chi connectivity index (χ0v) is 9.23. The van der Waals surface area contributed by atoms with Crippen molar-refractivity contribution >= 4 is 27.5 Å². The lowest BCUT2D eigenvalue weighted by Gasteiger charge is -1.99. The van der Waals surface area contributed by atoms with Gasteiger partial charge in [-0.1, -0.05) is 6.07 Å². The molecule has 0 saturated carbocycles. The van der Waals surface area contributed by atoms with Gasteiger partial charge in [0, 0.05) is 4.70 Å². The second-order valence-electron chi connectivity index (χ2n) is 3.39. The molecule has 17 heavy (non-hydrogen) atoms. The molecule has 0 radical (unpaired) electrons. The van der Waals surface area contributed by atoms with E-state index in [0.29, 0.717) is 27.0 Å². The van der Waals surface area contributed by atoms with Gasteiger partial charge in [-0.05, 0) is 29.1 Å². The van der Waals surface area contributed by atoms with Crippen molar-refractivity contribution in [3.05, 3.63) is 34.7 Å². The second kappa shape index (κ2) is 4.31. The Balaban J connectivity index is 2.44. The van der Waals surface area contributed by atoms with Gasteiger partial charge in [0.15, 0.2) is 0 Å². The fourth-order valence-electron chi connectivity index (χ4n) is 1.45. The third-order valence-corrected chi connectivity index (χ3v) is 3.35. The quantitative estimate of drug-likeness (QED) is 0.595. The molecular formula is C11H6F3NOS. The summed E-state index contributed by atoms with van der Waals surface area (Å²) in [5, 5.41) is 0.515. The van der Waals surface area contributed by atoms with Crippen LogP contribution in [0.5, 0.6) is 0 Å². The lowest BCUT2D eigenvalue weighted by Crippen LogP contribution is -2.00. The zero-order chi connectivity index (χ0) is 12.5. The van der Waals surface area contributed by atoms with Crippen molar-refractivity contribution in [3.63, 3.8) is 0 Å². The van der Waals surface area contributed by atoms with Gasteiger partial charge in [-0.2, -0.15) is 13.2 Å². The number of fused-ring (bicyclic) bond motifs is 1. The van der Waals surface area contributed by atoms with Gasteiger partial charge in [-0.3, -0.25) is 0 Å². The summed E-state index contributed by atoms with van der Waals surface area (Å²) >= 11 is 0.704. The summed E-state index contributed by atoms with van der Waals surface area (Å²) in [7, 11) is 0. The summed E-state index contributed by atoms with van der Waals surface area (Å²) in [4.78, 5) is 12.7. The normalized spacial score (nSPS) is 11.5. The van der Waals surface area contributed by atoms with E-state index in [0.717, 1.165) is 6.07 Å². The maximum Gasteiger partial charge on any atom is 0.425 e. The van der Waals surface area contributed by atoms with E-state index >= 15 is 0 Å². The maximum atomic E-state index is 12.5. The average Bonchev–Trinajstić information content (AvgIpc) is 2.68. The van der Waals surface area contributed by atoms with E-state index in [2.05, 4.69) is 4.99 Å². The van der Waals surface area contributed by atoms with Crippen LogP contribution < -0.4 is 0 Å². The number of aliphatic imine (C=N–C) groups is 1. The maximum absolute atomic E-state index is 12.5. The van der Waals surface area contributed by atoms with Crippen molar-refractivity contribution in [1.82, 2.24) is 0 Å². The molecule has 0 amide bonds. The third-order valence-electron chi connectivity index (χ3n) is 2.19. The monoisotopic (exact) mass is 257 g/mol. The molecule has 0 bridgehead atoms. The molecule has 1 aromatic heterocycles. The molecule has 2 nitrogen and oxygen atoms in total. The van der Waals surface area contributed by atoms with Crippen molar-refractivity contribution in [2.24, 2.45) is 4.99 Å². The van der Waals surface area contributed by atoms with E-state index < -0.39 is 11.1 Å². The molecule has 0 aliphatic carbocycles. The number of alkyl halides is 3. The Morgan fingerprint density at radius 1 is 1.29 bits per heavy atom. The standard InChI is InChI=1S/C11H6F3NOS/c12-11(13,14)10-4-8-3-7(5-15-6-16)1-2-9(8)17-10/h1-4H,5H2. The largest absolute Gasteiger partial charge is 0.425 e. The van der Waals surface area contributed by atoms with E-state index in [-0.39, 0.29) is 6.54 Å². The molecule has 0 aliphatic heterocycles. The molecule has 88 valence electrons. The van der Waals surface area contributed by atoms with Crippen molar-refractivity contribution in [1.29, 1.82) is 0 Å². The fourth-order valence-corrected chi connectivity index (χ4v) is 2.36. The van der Waals surface area contributed by atoms with E-state index in [1.54, 1.807) is 18.2 Å². The van der Waals surface area contributed by atoms with Crippen LogP contribution >= 0.6 is 11.3 Å². The summed E-state index contributed by atoms with van der Waals surface area (Å²) in [6, 6.07) is 5.96. The minimum Gasteiger partial charge on any atom is -0.211 e. The molecule has 0 spiro atoms. The first kappa shape index (κ1) is 11.8. The summed E-state index contributed by atoms with van der Waals surface area (Å²) in [5.41, 5.74) is 0.687. The first-order valence-electron chi connectivity index (χ1n) is 4.64. The van der Waals surface area contributed by atoms with Gasteiger partial charge in [-0.25, -0.2) is 9.79 Å². The topological polar surface area (TPSA) is 29.4 Å². The summed E-state index contributed by atoms with van der Waals surface area (Å²) in [6.45, 7) is 0.136. The SMILES string of the molecule is O=C=NCc1ccc2sc(C(F)(F)F)cc2c1. The Morgan fingerprint density at radius 3 is 2.71 bits per heavy atom. The molecule has 0 atom stereocenters. The van der Waals surface area contributed by atoms with Gasteiger partial charge in [0.2, 0.25) is 6.08 Å². The fraction of sp³-hybridized carbons (Fsp3) is 0.182. The molecule has 0 saturated heterocycles. The van der Waals surface area contributed by atoms with Gasteiger partial charge < -0.3 is 0 Å². The van der Waals surface area contributed by atoms with Crippen LogP contribution in [0.25, 0.3) is 10.1 Å². The molecule has 0 fully saturated rings. The van der Waals surface area contributed by atoms with Crippen molar-refractivity contribution in [3.8, 4) is 0 Å². The molecule has 1 aromatic carbocycles. The van der Waals surface area contributed by atoms with Crippen LogP contribution in [-0.2, 0) is 17.5 Å². The number of halogens is 3. The minimum absolute atomic E-state index is 0.136. The van der Waals surface area contributed by atoms with Crippen molar-refractivity contribution in [2.45, 2.75) is 12.7 Å². The average molecular weight is 257 g/mol. The van der Waals surface area contributed by atoms with Gasteiger partial charge in [0.1, 0.15) is 4.88 Å². The van der Waals surface area contributed by atoms with Crippen LogP contribution in [0.3, 0.4) is 0 Å². The van der Waals surface area contributed by atoms with E-state index in [1.165, 1.54) is 6.08 Å². The number of nitrogens with zero attached hydrogens (tertiary/aromatic N) is 1. The molecule has 2 rings (SSSR count). The number of carbonyl (C=O) groups excluding carboxylic acids is 1. The highest BCUT2D eigenvalue weighted by Gasteiger charge is 2.32. The Morgan fingerprint density at radius 2 is 2.06 bits per heavy atom. The number of hydrogen-bond acceptors (Lipinski definition) is 3. The number of benzene rings is 1. The Labute approximate surface area is 98.4 Å². The summed E-state index contributed by atoms with van der Waals surface area (Å²) in [6.07, 6.45) is -2.92. The summed E-state index contributed by atoms with van der Waals surface area (Å²) < 4.78 is 38.0. The lowest BCUT2D eigenvalue weighted by molar-refractivity contribution is -0.134. The van der Waals surface area contributed by atoms with Crippen molar-refractivity contribution in [2.75, 3.05) is 0 Å². The first-order chi connectivity index (χ1) is 8.00. The molecule has 0 N–H and O–H groups in total. The van der Waals surface area contributed by atoms with Gasteiger partial charge in [0.05, 0.1) is 6.54 Å². The van der Waals surface area contributed by atoms with E-state index in [4.69, 9.17) is 0 Å². The number of rotatable bonds is 2. The number of hydrogen-bond donors (Lipinski definition) is 0. The molecule has 2 aromatic rings. The van der Waals surface area contributed by atoms with E-state index in [1.807, 2.05) is 0 Å². The molecule has 6 heteroatoms. The molecule has 0 aliphatic rings. The van der Waals surface area contributed by atoms with Crippen LogP contribution in [0.4, 0.5) is 13.2 Å². The zero-order valence-electron chi connectivity index (χ0n) is 8.41. The lowest BCUT2D eigenvalue weighted by atomic mass is 10.1. The highest BCUT2D eigenvalue weighted by molar-refractivity contribution is 7.19. The highest BCUT2D eigenvalue weighted by Crippen LogP contribution is 2.38. The molecule has 0 unspecified atom stereocenters. The van der Waals surface area contributed by atoms with Gasteiger partial charge in [0.25, 0.3) is 0 Å². The highest BCUT2D eigenvalue weighted by atomic mass is 32.1. The van der Waals surface area contributed by atoms with Gasteiger partial charge >= 0.3 is 6.18 Å². The Hall–Kier alpha value is -1.65. The van der Waals surface area contributed by atoms with Crippen LogP contribution in [0, 0.1) is 0 Å². The molecule has 1 heterocycles. The number of isocyanates is 1. The smallest absolute Gasteiger partial charge is 0.211 e. The van der Waals surface area contributed by atoms with Crippen LogP contribution in [0.1, 0.15) is 10.4 Å². The predicted octanol–water partition coefficient (Wildman–Crippen LogP) is 3.76.